The minimum atomic E-state index is -0.606. The number of hydrogen-bond acceptors (Lipinski definition) is 6. The smallest absolute Gasteiger partial charge is 0.299 e. The highest BCUT2D eigenvalue weighted by Crippen LogP contribution is 2.35. The van der Waals surface area contributed by atoms with E-state index in [0.29, 0.717) is 37.6 Å². The molecule has 0 bridgehead atoms. The van der Waals surface area contributed by atoms with Crippen LogP contribution in [0, 0.1) is 27.2 Å². The Morgan fingerprint density at radius 2 is 1.68 bits per heavy atom. The van der Waals surface area contributed by atoms with E-state index in [4.69, 9.17) is 4.74 Å². The van der Waals surface area contributed by atoms with Gasteiger partial charge in [-0.1, -0.05) is 0 Å². The average Bonchev–Trinajstić information content (AvgIpc) is 2.38. The molecule has 102 valence electrons. The zero-order valence-corrected chi connectivity index (χ0v) is 10.4. The van der Waals surface area contributed by atoms with Gasteiger partial charge in [0.25, 0.3) is 11.4 Å². The van der Waals surface area contributed by atoms with Crippen LogP contribution in [0.3, 0.4) is 0 Å². The number of hydrogen-bond donors (Lipinski definition) is 0. The summed E-state index contributed by atoms with van der Waals surface area (Å²) < 4.78 is 5.19. The van der Waals surface area contributed by atoms with Gasteiger partial charge in [0.05, 0.1) is 29.1 Å². The highest BCUT2D eigenvalue weighted by Gasteiger charge is 2.26. The minimum Gasteiger partial charge on any atom is -0.378 e. The summed E-state index contributed by atoms with van der Waals surface area (Å²) in [6.07, 6.45) is 0. The molecule has 0 amide bonds. The molecular weight excluding hydrogens is 254 g/mol. The summed E-state index contributed by atoms with van der Waals surface area (Å²) in [6, 6.07) is 2.53. The van der Waals surface area contributed by atoms with Gasteiger partial charge in [-0.15, -0.1) is 0 Å². The van der Waals surface area contributed by atoms with E-state index in [9.17, 15) is 20.2 Å². The Bertz CT molecular complexity index is 525. The third-order valence-electron chi connectivity index (χ3n) is 3.04. The first kappa shape index (κ1) is 13.2. The number of anilines is 1. The molecule has 0 saturated carbocycles. The van der Waals surface area contributed by atoms with Crippen LogP contribution in [0.2, 0.25) is 0 Å². The van der Waals surface area contributed by atoms with Crippen LogP contribution < -0.4 is 4.90 Å². The molecule has 0 spiro atoms. The van der Waals surface area contributed by atoms with E-state index in [0.717, 1.165) is 6.07 Å². The SMILES string of the molecule is Cc1cc(N2CCOCC2)c([N+](=O)[O-])cc1[N+](=O)[O-]. The number of morpholine rings is 1. The van der Waals surface area contributed by atoms with Crippen molar-refractivity contribution in [2.45, 2.75) is 6.92 Å². The summed E-state index contributed by atoms with van der Waals surface area (Å²) in [7, 11) is 0. The Morgan fingerprint density at radius 1 is 1.11 bits per heavy atom. The third kappa shape index (κ3) is 2.63. The van der Waals surface area contributed by atoms with Crippen molar-refractivity contribution >= 4 is 17.1 Å². The number of benzene rings is 1. The van der Waals surface area contributed by atoms with Gasteiger partial charge >= 0.3 is 0 Å². The molecule has 1 aliphatic rings. The van der Waals surface area contributed by atoms with Crippen molar-refractivity contribution in [3.8, 4) is 0 Å². The lowest BCUT2D eigenvalue weighted by atomic mass is 10.1. The van der Waals surface area contributed by atoms with Gasteiger partial charge in [-0.3, -0.25) is 20.2 Å². The lowest BCUT2D eigenvalue weighted by Gasteiger charge is -2.28. The first-order chi connectivity index (χ1) is 9.00. The molecule has 0 aliphatic carbocycles. The standard InChI is InChI=1S/C11H13N3O5/c1-8-6-10(12-2-4-19-5-3-12)11(14(17)18)7-9(8)13(15)16/h6-7H,2-5H2,1H3. The summed E-state index contributed by atoms with van der Waals surface area (Å²) in [5, 5.41) is 21.9. The number of ether oxygens (including phenoxy) is 1. The van der Waals surface area contributed by atoms with Crippen LogP contribution in [-0.4, -0.2) is 36.1 Å². The van der Waals surface area contributed by atoms with Gasteiger partial charge in [0.15, 0.2) is 0 Å². The summed E-state index contributed by atoms with van der Waals surface area (Å²) in [5.41, 5.74) is 0.358. The lowest BCUT2D eigenvalue weighted by molar-refractivity contribution is -0.394. The zero-order valence-electron chi connectivity index (χ0n) is 10.4. The second-order valence-corrected chi connectivity index (χ2v) is 4.24. The van der Waals surface area contributed by atoms with E-state index in [1.54, 1.807) is 6.92 Å². The van der Waals surface area contributed by atoms with Crippen LogP contribution in [0.4, 0.5) is 17.1 Å². The predicted octanol–water partition coefficient (Wildman–Crippen LogP) is 1.65. The normalized spacial score (nSPS) is 15.3. The van der Waals surface area contributed by atoms with Gasteiger partial charge in [0.2, 0.25) is 0 Å². The Labute approximate surface area is 108 Å². The van der Waals surface area contributed by atoms with Crippen molar-refractivity contribution < 1.29 is 14.6 Å². The monoisotopic (exact) mass is 267 g/mol. The van der Waals surface area contributed by atoms with Crippen molar-refractivity contribution in [3.05, 3.63) is 37.9 Å². The quantitative estimate of drug-likeness (QED) is 0.609. The number of nitrogens with zero attached hydrogens (tertiary/aromatic N) is 3. The maximum Gasteiger partial charge on any atom is 0.299 e. The number of nitro groups is 2. The number of nitro benzene ring substituents is 2. The van der Waals surface area contributed by atoms with Crippen molar-refractivity contribution in [1.82, 2.24) is 0 Å². The zero-order chi connectivity index (χ0) is 14.0. The summed E-state index contributed by atoms with van der Waals surface area (Å²) >= 11 is 0. The highest BCUT2D eigenvalue weighted by atomic mass is 16.6. The molecule has 8 nitrogen and oxygen atoms in total. The van der Waals surface area contributed by atoms with Gasteiger partial charge < -0.3 is 9.64 Å². The first-order valence-electron chi connectivity index (χ1n) is 5.77. The van der Waals surface area contributed by atoms with Crippen molar-refractivity contribution in [3.63, 3.8) is 0 Å². The minimum absolute atomic E-state index is 0.233. The summed E-state index contributed by atoms with van der Waals surface area (Å²) in [4.78, 5) is 22.5. The Balaban J connectivity index is 2.49. The van der Waals surface area contributed by atoms with Crippen LogP contribution in [-0.2, 0) is 4.74 Å². The molecule has 1 heterocycles. The number of aryl methyl sites for hydroxylation is 1. The Morgan fingerprint density at radius 3 is 2.21 bits per heavy atom. The molecule has 0 aromatic heterocycles. The van der Waals surface area contributed by atoms with E-state index in [1.165, 1.54) is 6.07 Å². The van der Waals surface area contributed by atoms with Gasteiger partial charge in [-0.05, 0) is 13.0 Å². The fraction of sp³-hybridized carbons (Fsp3) is 0.455. The average molecular weight is 267 g/mol. The maximum atomic E-state index is 11.1. The Kier molecular flexibility index (Phi) is 3.61. The third-order valence-corrected chi connectivity index (χ3v) is 3.04. The second-order valence-electron chi connectivity index (χ2n) is 4.24. The molecule has 0 atom stereocenters. The molecule has 1 aromatic rings. The molecule has 8 heteroatoms. The van der Waals surface area contributed by atoms with E-state index < -0.39 is 9.85 Å². The van der Waals surface area contributed by atoms with Crippen LogP contribution in [0.25, 0.3) is 0 Å². The van der Waals surface area contributed by atoms with E-state index in [1.807, 2.05) is 4.90 Å². The summed E-state index contributed by atoms with van der Waals surface area (Å²) in [6.45, 7) is 3.64. The fourth-order valence-electron chi connectivity index (χ4n) is 2.07. The highest BCUT2D eigenvalue weighted by molar-refractivity contribution is 5.69. The van der Waals surface area contributed by atoms with Gasteiger partial charge in [-0.2, -0.15) is 0 Å². The second kappa shape index (κ2) is 5.19. The molecular formula is C11H13N3O5. The Hall–Kier alpha value is -2.22. The predicted molar refractivity (Wildman–Crippen MR) is 67.5 cm³/mol. The fourth-order valence-corrected chi connectivity index (χ4v) is 2.07. The van der Waals surface area contributed by atoms with Crippen molar-refractivity contribution in [2.75, 3.05) is 31.2 Å². The molecule has 1 aliphatic heterocycles. The van der Waals surface area contributed by atoms with Gasteiger partial charge in [0, 0.05) is 18.7 Å². The topological polar surface area (TPSA) is 98.8 Å². The van der Waals surface area contributed by atoms with E-state index in [-0.39, 0.29) is 11.4 Å². The van der Waals surface area contributed by atoms with E-state index in [2.05, 4.69) is 0 Å². The number of rotatable bonds is 3. The van der Waals surface area contributed by atoms with Crippen molar-refractivity contribution in [1.29, 1.82) is 0 Å². The van der Waals surface area contributed by atoms with Crippen LogP contribution in [0.5, 0.6) is 0 Å². The molecule has 1 aromatic carbocycles. The first-order valence-corrected chi connectivity index (χ1v) is 5.77. The van der Waals surface area contributed by atoms with Gasteiger partial charge in [0.1, 0.15) is 5.69 Å². The van der Waals surface area contributed by atoms with Crippen LogP contribution in [0.15, 0.2) is 12.1 Å². The summed E-state index contributed by atoms with van der Waals surface area (Å²) in [5.74, 6) is 0. The largest absolute Gasteiger partial charge is 0.378 e. The molecule has 19 heavy (non-hydrogen) atoms. The van der Waals surface area contributed by atoms with Gasteiger partial charge in [-0.25, -0.2) is 0 Å². The van der Waals surface area contributed by atoms with Crippen LogP contribution >= 0.6 is 0 Å². The van der Waals surface area contributed by atoms with Crippen LogP contribution in [0.1, 0.15) is 5.56 Å². The van der Waals surface area contributed by atoms with E-state index >= 15 is 0 Å². The molecule has 0 radical (unpaired) electrons. The molecule has 0 N–H and O–H groups in total. The lowest BCUT2D eigenvalue weighted by Crippen LogP contribution is -2.36. The molecule has 2 rings (SSSR count). The molecule has 1 fully saturated rings. The van der Waals surface area contributed by atoms with Crippen molar-refractivity contribution in [2.24, 2.45) is 0 Å². The molecule has 1 saturated heterocycles. The maximum absolute atomic E-state index is 11.1. The molecule has 0 unspecified atom stereocenters.